The number of pyridine rings is 1. The molecule has 1 aliphatic heterocycles. The van der Waals surface area contributed by atoms with Gasteiger partial charge in [-0.1, -0.05) is 30.3 Å². The van der Waals surface area contributed by atoms with Crippen LogP contribution in [0.25, 0.3) is 0 Å². The van der Waals surface area contributed by atoms with Gasteiger partial charge in [-0.15, -0.1) is 0 Å². The van der Waals surface area contributed by atoms with Crippen LogP contribution in [0.1, 0.15) is 37.3 Å². The van der Waals surface area contributed by atoms with Crippen LogP contribution < -0.4 is 5.32 Å². The summed E-state index contributed by atoms with van der Waals surface area (Å²) in [6, 6.07) is 13.0. The van der Waals surface area contributed by atoms with Gasteiger partial charge in [-0.25, -0.2) is 4.79 Å². The third kappa shape index (κ3) is 4.92. The first-order valence-corrected chi connectivity index (χ1v) is 9.90. The van der Waals surface area contributed by atoms with Gasteiger partial charge < -0.3 is 15.0 Å². The number of nitrogens with zero attached hydrogens (tertiary/aromatic N) is 2. The molecule has 1 aromatic heterocycles. The fourth-order valence-electron chi connectivity index (χ4n) is 3.55. The monoisotopic (exact) mass is 407 g/mol. The summed E-state index contributed by atoms with van der Waals surface area (Å²) in [6.45, 7) is 3.85. The summed E-state index contributed by atoms with van der Waals surface area (Å²) < 4.78 is 5.26. The molecule has 0 fully saturated rings. The number of carbonyl (C=O) groups is 3. The van der Waals surface area contributed by atoms with E-state index in [2.05, 4.69) is 10.3 Å². The molecule has 3 rings (SSSR count). The van der Waals surface area contributed by atoms with Crippen molar-refractivity contribution in [2.45, 2.75) is 32.7 Å². The maximum atomic E-state index is 12.9. The molecular formula is C23H25N3O4. The van der Waals surface area contributed by atoms with Gasteiger partial charge in [0.15, 0.2) is 0 Å². The van der Waals surface area contributed by atoms with Crippen molar-refractivity contribution in [2.24, 2.45) is 0 Å². The van der Waals surface area contributed by atoms with Crippen molar-refractivity contribution in [1.29, 1.82) is 0 Å². The third-order valence-corrected chi connectivity index (χ3v) is 5.06. The highest BCUT2D eigenvalue weighted by Crippen LogP contribution is 2.36. The normalized spacial score (nSPS) is 16.4. The van der Waals surface area contributed by atoms with Gasteiger partial charge in [-0.3, -0.25) is 14.6 Å². The lowest BCUT2D eigenvalue weighted by Gasteiger charge is -2.34. The molecule has 1 atom stereocenters. The van der Waals surface area contributed by atoms with Gasteiger partial charge in [-0.2, -0.15) is 0 Å². The van der Waals surface area contributed by atoms with Crippen molar-refractivity contribution in [3.8, 4) is 0 Å². The van der Waals surface area contributed by atoms with E-state index in [9.17, 15) is 14.4 Å². The molecule has 0 spiro atoms. The van der Waals surface area contributed by atoms with Gasteiger partial charge in [0.1, 0.15) is 6.54 Å². The van der Waals surface area contributed by atoms with Gasteiger partial charge in [0.25, 0.3) is 0 Å². The maximum Gasteiger partial charge on any atom is 0.336 e. The summed E-state index contributed by atoms with van der Waals surface area (Å²) in [6.07, 6.45) is 3.41. The number of aromatic nitrogens is 1. The Morgan fingerprint density at radius 1 is 1.17 bits per heavy atom. The maximum absolute atomic E-state index is 12.9. The van der Waals surface area contributed by atoms with E-state index in [1.807, 2.05) is 30.3 Å². The van der Waals surface area contributed by atoms with E-state index in [0.717, 1.165) is 11.1 Å². The van der Waals surface area contributed by atoms with Crippen molar-refractivity contribution in [3.05, 3.63) is 77.3 Å². The predicted octanol–water partition coefficient (Wildman–Crippen LogP) is 2.55. The molecule has 0 radical (unpaired) electrons. The summed E-state index contributed by atoms with van der Waals surface area (Å²) in [5.74, 6) is -1.36. The molecule has 2 aromatic rings. The fraction of sp³-hybridized carbons (Fsp3) is 0.304. The summed E-state index contributed by atoms with van der Waals surface area (Å²) in [7, 11) is 0. The van der Waals surface area contributed by atoms with E-state index >= 15 is 0 Å². The van der Waals surface area contributed by atoms with Crippen LogP contribution in [0, 0.1) is 0 Å². The lowest BCUT2D eigenvalue weighted by atomic mass is 9.83. The molecular weight excluding hydrogens is 382 g/mol. The molecule has 7 nitrogen and oxygen atoms in total. The van der Waals surface area contributed by atoms with Crippen LogP contribution in [-0.4, -0.2) is 40.8 Å². The standard InChI is InChI=1S/C23H25N3O4/c1-3-30-23(29)22-16(2)26(15-20(27)25-14-17-9-11-24-12-10-17)21(28)13-19(22)18-7-5-4-6-8-18/h4-12,19H,3,13-15H2,1-2H3,(H,25,27). The molecule has 7 heteroatoms. The molecule has 2 amide bonds. The number of nitrogens with one attached hydrogen (secondary N) is 1. The average molecular weight is 407 g/mol. The van der Waals surface area contributed by atoms with E-state index in [-0.39, 0.29) is 31.4 Å². The van der Waals surface area contributed by atoms with Gasteiger partial charge >= 0.3 is 5.97 Å². The second-order valence-corrected chi connectivity index (χ2v) is 7.00. The lowest BCUT2D eigenvalue weighted by molar-refractivity contribution is -0.141. The topological polar surface area (TPSA) is 88.6 Å². The van der Waals surface area contributed by atoms with Crippen molar-refractivity contribution in [3.63, 3.8) is 0 Å². The zero-order valence-corrected chi connectivity index (χ0v) is 17.1. The Morgan fingerprint density at radius 3 is 2.53 bits per heavy atom. The summed E-state index contributed by atoms with van der Waals surface area (Å²) in [4.78, 5) is 43.4. The van der Waals surface area contributed by atoms with E-state index in [1.54, 1.807) is 38.4 Å². The molecule has 0 bridgehead atoms. The van der Waals surface area contributed by atoms with Crippen LogP contribution in [0.2, 0.25) is 0 Å². The molecule has 0 saturated heterocycles. The number of esters is 1. The van der Waals surface area contributed by atoms with Crippen molar-refractivity contribution in [2.75, 3.05) is 13.2 Å². The third-order valence-electron chi connectivity index (χ3n) is 5.06. The molecule has 156 valence electrons. The number of rotatable bonds is 7. The van der Waals surface area contributed by atoms with Crippen LogP contribution in [0.15, 0.2) is 66.1 Å². The van der Waals surface area contributed by atoms with Crippen LogP contribution in [0.5, 0.6) is 0 Å². The number of hydrogen-bond donors (Lipinski definition) is 1. The molecule has 1 aromatic carbocycles. The minimum absolute atomic E-state index is 0.104. The van der Waals surface area contributed by atoms with Gasteiger partial charge in [-0.05, 0) is 37.1 Å². The Balaban J connectivity index is 1.81. The quantitative estimate of drug-likeness (QED) is 0.713. The highest BCUT2D eigenvalue weighted by molar-refractivity contribution is 5.97. The predicted molar refractivity (Wildman–Crippen MR) is 111 cm³/mol. The summed E-state index contributed by atoms with van der Waals surface area (Å²) in [5, 5.41) is 2.80. The molecule has 2 heterocycles. The van der Waals surface area contributed by atoms with Gasteiger partial charge in [0, 0.05) is 37.0 Å². The lowest BCUT2D eigenvalue weighted by Crippen LogP contribution is -2.44. The SMILES string of the molecule is CCOC(=O)C1=C(C)N(CC(=O)NCc2ccncc2)C(=O)CC1c1ccccc1. The van der Waals surface area contributed by atoms with E-state index < -0.39 is 11.9 Å². The zero-order valence-electron chi connectivity index (χ0n) is 17.1. The first-order valence-electron chi connectivity index (χ1n) is 9.90. The van der Waals surface area contributed by atoms with Crippen LogP contribution >= 0.6 is 0 Å². The molecule has 1 N–H and O–H groups in total. The molecule has 1 unspecified atom stereocenters. The minimum Gasteiger partial charge on any atom is -0.463 e. The second-order valence-electron chi connectivity index (χ2n) is 7.00. The van der Waals surface area contributed by atoms with E-state index in [4.69, 9.17) is 4.74 Å². The smallest absolute Gasteiger partial charge is 0.336 e. The van der Waals surface area contributed by atoms with Crippen molar-refractivity contribution >= 4 is 17.8 Å². The fourth-order valence-corrected chi connectivity index (χ4v) is 3.55. The van der Waals surface area contributed by atoms with Crippen LogP contribution in [0.4, 0.5) is 0 Å². The summed E-state index contributed by atoms with van der Waals surface area (Å²) >= 11 is 0. The molecule has 1 aliphatic rings. The Labute approximate surface area is 175 Å². The largest absolute Gasteiger partial charge is 0.463 e. The molecule has 0 saturated carbocycles. The Bertz CT molecular complexity index is 941. The average Bonchev–Trinajstić information content (AvgIpc) is 2.76. The number of ether oxygens (including phenoxy) is 1. The Hall–Kier alpha value is -3.48. The van der Waals surface area contributed by atoms with Gasteiger partial charge in [0.05, 0.1) is 12.2 Å². The second kappa shape index (κ2) is 9.82. The number of carbonyl (C=O) groups excluding carboxylic acids is 3. The van der Waals surface area contributed by atoms with E-state index in [1.165, 1.54) is 4.90 Å². The molecule has 30 heavy (non-hydrogen) atoms. The van der Waals surface area contributed by atoms with Crippen molar-refractivity contribution < 1.29 is 19.1 Å². The van der Waals surface area contributed by atoms with Crippen molar-refractivity contribution in [1.82, 2.24) is 15.2 Å². The Morgan fingerprint density at radius 2 is 1.87 bits per heavy atom. The number of allylic oxidation sites excluding steroid dienone is 1. The highest BCUT2D eigenvalue weighted by Gasteiger charge is 2.37. The Kier molecular flexibility index (Phi) is 6.95. The van der Waals surface area contributed by atoms with Gasteiger partial charge in [0.2, 0.25) is 11.8 Å². The highest BCUT2D eigenvalue weighted by atomic mass is 16.5. The first-order chi connectivity index (χ1) is 14.5. The van der Waals surface area contributed by atoms with E-state index in [0.29, 0.717) is 17.8 Å². The number of amides is 2. The number of hydrogen-bond acceptors (Lipinski definition) is 5. The zero-order chi connectivity index (χ0) is 21.5. The van der Waals surface area contributed by atoms with Crippen LogP contribution in [-0.2, 0) is 25.7 Å². The minimum atomic E-state index is -0.460. The summed E-state index contributed by atoms with van der Waals surface area (Å²) in [5.41, 5.74) is 2.66. The van der Waals surface area contributed by atoms with Crippen LogP contribution in [0.3, 0.4) is 0 Å². The molecule has 0 aliphatic carbocycles. The first kappa shape index (κ1) is 21.2. The number of benzene rings is 1.